The molecule has 1 aromatic rings. The number of hydrogen-bond acceptors (Lipinski definition) is 3. The number of hydrogen-bond donors (Lipinski definition) is 2. The summed E-state index contributed by atoms with van der Waals surface area (Å²) in [5.74, 6) is 0. The highest BCUT2D eigenvalue weighted by Gasteiger charge is 2.15. The van der Waals surface area contributed by atoms with Gasteiger partial charge in [0.15, 0.2) is 0 Å². The van der Waals surface area contributed by atoms with Crippen LogP contribution in [0.3, 0.4) is 0 Å². The Morgan fingerprint density at radius 2 is 2.00 bits per heavy atom. The molecule has 0 bridgehead atoms. The van der Waals surface area contributed by atoms with Crippen LogP contribution in [0.1, 0.15) is 0 Å². The Balaban J connectivity index is 2.79. The van der Waals surface area contributed by atoms with Crippen LogP contribution in [0.2, 0.25) is 5.02 Å². The minimum Gasteiger partial charge on any atom is -0.327 e. The van der Waals surface area contributed by atoms with Gasteiger partial charge < -0.3 is 5.73 Å². The Hall–Kier alpha value is -0.880. The van der Waals surface area contributed by atoms with Gasteiger partial charge in [0, 0.05) is 13.1 Å². The van der Waals surface area contributed by atoms with Crippen molar-refractivity contribution < 1.29 is 8.42 Å². The third-order valence-corrected chi connectivity index (χ3v) is 3.74. The van der Waals surface area contributed by atoms with E-state index >= 15 is 0 Å². The molecule has 0 saturated carbocycles. The minimum atomic E-state index is -3.55. The van der Waals surface area contributed by atoms with Gasteiger partial charge in [-0.1, -0.05) is 35.9 Å². The maximum absolute atomic E-state index is 11.8. The van der Waals surface area contributed by atoms with Gasteiger partial charge in [0.1, 0.15) is 4.90 Å². The van der Waals surface area contributed by atoms with Crippen molar-refractivity contribution >= 4 is 21.6 Å². The zero-order valence-corrected chi connectivity index (χ0v) is 10.1. The molecule has 0 heterocycles. The lowest BCUT2D eigenvalue weighted by Gasteiger charge is -2.05. The van der Waals surface area contributed by atoms with E-state index in [1.54, 1.807) is 24.3 Å². The second-order valence-corrected chi connectivity index (χ2v) is 5.13. The van der Waals surface area contributed by atoms with Gasteiger partial charge in [0.05, 0.1) is 5.02 Å². The Labute approximate surface area is 100 Å². The first kappa shape index (κ1) is 13.2. The van der Waals surface area contributed by atoms with Crippen LogP contribution in [0.15, 0.2) is 41.3 Å². The van der Waals surface area contributed by atoms with Crippen LogP contribution < -0.4 is 10.5 Å². The number of nitrogens with two attached hydrogens (primary N) is 1. The normalized spacial score (nSPS) is 12.1. The van der Waals surface area contributed by atoms with Gasteiger partial charge in [-0.25, -0.2) is 13.1 Å². The van der Waals surface area contributed by atoms with Gasteiger partial charge in [0.25, 0.3) is 0 Å². The Morgan fingerprint density at radius 1 is 1.31 bits per heavy atom. The topological polar surface area (TPSA) is 72.2 Å². The molecule has 0 saturated heterocycles. The molecule has 4 nitrogen and oxygen atoms in total. The molecule has 0 aromatic heterocycles. The molecule has 0 atom stereocenters. The molecule has 3 N–H and O–H groups in total. The molecular weight excluding hydrogens is 248 g/mol. The summed E-state index contributed by atoms with van der Waals surface area (Å²) < 4.78 is 25.9. The summed E-state index contributed by atoms with van der Waals surface area (Å²) in [6, 6.07) is 6.29. The van der Waals surface area contributed by atoms with Crippen LogP contribution in [0.4, 0.5) is 0 Å². The molecule has 0 radical (unpaired) electrons. The van der Waals surface area contributed by atoms with Crippen molar-refractivity contribution in [3.8, 4) is 0 Å². The van der Waals surface area contributed by atoms with Crippen LogP contribution >= 0.6 is 11.6 Å². The second kappa shape index (κ2) is 6.00. The molecule has 0 spiro atoms. The van der Waals surface area contributed by atoms with E-state index in [2.05, 4.69) is 4.72 Å². The van der Waals surface area contributed by atoms with E-state index < -0.39 is 10.0 Å². The molecule has 1 aromatic carbocycles. The van der Waals surface area contributed by atoms with Gasteiger partial charge in [-0.3, -0.25) is 0 Å². The molecule has 6 heteroatoms. The monoisotopic (exact) mass is 260 g/mol. The molecule has 0 amide bonds. The first-order chi connectivity index (χ1) is 7.58. The van der Waals surface area contributed by atoms with Crippen LogP contribution in [0, 0.1) is 0 Å². The number of sulfonamides is 1. The van der Waals surface area contributed by atoms with Crippen LogP contribution in [0.5, 0.6) is 0 Å². The largest absolute Gasteiger partial charge is 0.327 e. The minimum absolute atomic E-state index is 0.0813. The average molecular weight is 261 g/mol. The standard InChI is InChI=1S/C10H13ClN2O2S/c11-9-5-1-2-6-10(9)16(14,15)13-8-4-3-7-12/h1-6,13H,7-8,12H2/b4-3+. The Bertz CT molecular complexity index is 471. The fraction of sp³-hybridized carbons (Fsp3) is 0.200. The van der Waals surface area contributed by atoms with Gasteiger partial charge >= 0.3 is 0 Å². The maximum atomic E-state index is 11.8. The third-order valence-electron chi connectivity index (χ3n) is 1.82. The summed E-state index contributed by atoms with van der Waals surface area (Å²) >= 11 is 5.79. The summed E-state index contributed by atoms with van der Waals surface area (Å²) in [7, 11) is -3.55. The Kier molecular flexibility index (Phi) is 4.95. The second-order valence-electron chi connectivity index (χ2n) is 2.99. The average Bonchev–Trinajstić information content (AvgIpc) is 2.25. The highest BCUT2D eigenvalue weighted by atomic mass is 35.5. The molecular formula is C10H13ClN2O2S. The van der Waals surface area contributed by atoms with Crippen molar-refractivity contribution in [3.05, 3.63) is 41.4 Å². The lowest BCUT2D eigenvalue weighted by atomic mass is 10.4. The van der Waals surface area contributed by atoms with Gasteiger partial charge in [0.2, 0.25) is 10.0 Å². The van der Waals surface area contributed by atoms with Crippen LogP contribution in [-0.2, 0) is 10.0 Å². The number of halogens is 1. The van der Waals surface area contributed by atoms with E-state index in [0.717, 1.165) is 0 Å². The summed E-state index contributed by atoms with van der Waals surface area (Å²) in [4.78, 5) is 0.0813. The van der Waals surface area contributed by atoms with Crippen LogP contribution in [-0.4, -0.2) is 21.5 Å². The zero-order chi connectivity index (χ0) is 12.0. The van der Waals surface area contributed by atoms with E-state index in [-0.39, 0.29) is 16.5 Å². The maximum Gasteiger partial charge on any atom is 0.242 e. The molecule has 1 rings (SSSR count). The molecule has 0 aliphatic heterocycles. The van der Waals surface area contributed by atoms with Crippen LogP contribution in [0.25, 0.3) is 0 Å². The van der Waals surface area contributed by atoms with E-state index in [1.807, 2.05) is 0 Å². The fourth-order valence-electron chi connectivity index (χ4n) is 1.08. The molecule has 0 aliphatic carbocycles. The number of nitrogens with one attached hydrogen (secondary N) is 1. The molecule has 0 unspecified atom stereocenters. The lowest BCUT2D eigenvalue weighted by molar-refractivity contribution is 0.585. The van der Waals surface area contributed by atoms with E-state index in [0.29, 0.717) is 6.54 Å². The first-order valence-corrected chi connectivity index (χ1v) is 6.53. The predicted octanol–water partition coefficient (Wildman–Crippen LogP) is 1.13. The number of rotatable bonds is 5. The van der Waals surface area contributed by atoms with Gasteiger partial charge in [-0.15, -0.1) is 0 Å². The lowest BCUT2D eigenvalue weighted by Crippen LogP contribution is -2.24. The molecule has 0 fully saturated rings. The van der Waals surface area contributed by atoms with E-state index in [9.17, 15) is 8.42 Å². The Morgan fingerprint density at radius 3 is 2.62 bits per heavy atom. The summed E-state index contributed by atoms with van der Waals surface area (Å²) in [6.07, 6.45) is 3.32. The summed E-state index contributed by atoms with van der Waals surface area (Å²) in [6.45, 7) is 0.582. The number of benzene rings is 1. The third kappa shape index (κ3) is 3.61. The predicted molar refractivity (Wildman–Crippen MR) is 64.8 cm³/mol. The van der Waals surface area contributed by atoms with Crippen molar-refractivity contribution in [2.75, 3.05) is 13.1 Å². The molecule has 16 heavy (non-hydrogen) atoms. The van der Waals surface area contributed by atoms with Crippen molar-refractivity contribution in [1.29, 1.82) is 0 Å². The molecule has 0 aliphatic rings. The SMILES string of the molecule is NC/C=C/CNS(=O)(=O)c1ccccc1Cl. The van der Waals surface area contributed by atoms with Gasteiger partial charge in [-0.2, -0.15) is 0 Å². The quantitative estimate of drug-likeness (QED) is 0.780. The van der Waals surface area contributed by atoms with Gasteiger partial charge in [-0.05, 0) is 12.1 Å². The fourth-order valence-corrected chi connectivity index (χ4v) is 2.57. The highest BCUT2D eigenvalue weighted by molar-refractivity contribution is 7.89. The summed E-state index contributed by atoms with van der Waals surface area (Å²) in [5.41, 5.74) is 5.23. The van der Waals surface area contributed by atoms with E-state index in [4.69, 9.17) is 17.3 Å². The highest BCUT2D eigenvalue weighted by Crippen LogP contribution is 2.19. The first-order valence-electron chi connectivity index (χ1n) is 4.67. The van der Waals surface area contributed by atoms with E-state index in [1.165, 1.54) is 12.1 Å². The van der Waals surface area contributed by atoms with Crippen molar-refractivity contribution in [2.24, 2.45) is 5.73 Å². The van der Waals surface area contributed by atoms with Crippen molar-refractivity contribution in [2.45, 2.75) is 4.90 Å². The zero-order valence-electron chi connectivity index (χ0n) is 8.56. The molecule has 88 valence electrons. The summed E-state index contributed by atoms with van der Waals surface area (Å²) in [5, 5.41) is 0.206. The smallest absolute Gasteiger partial charge is 0.242 e. The van der Waals surface area contributed by atoms with Crippen molar-refractivity contribution in [3.63, 3.8) is 0 Å². The van der Waals surface area contributed by atoms with Crippen molar-refractivity contribution in [1.82, 2.24) is 4.72 Å².